The van der Waals surface area contributed by atoms with E-state index in [0.717, 1.165) is 100.0 Å². The van der Waals surface area contributed by atoms with Gasteiger partial charge in [0.15, 0.2) is 0 Å². The molecule has 1 saturated heterocycles. The van der Waals surface area contributed by atoms with Gasteiger partial charge in [0.25, 0.3) is 15.9 Å². The first kappa shape index (κ1) is 43.0. The van der Waals surface area contributed by atoms with Gasteiger partial charge in [0.05, 0.1) is 30.7 Å². The lowest BCUT2D eigenvalue weighted by atomic mass is 9.72. The molecule has 322 valence electrons. The number of rotatable bonds is 13. The molecule has 0 unspecified atom stereocenters. The summed E-state index contributed by atoms with van der Waals surface area (Å²) in [6.45, 7) is 9.22. The van der Waals surface area contributed by atoms with E-state index < -0.39 is 15.9 Å². The number of benzene rings is 2. The van der Waals surface area contributed by atoms with Crippen molar-refractivity contribution in [2.45, 2.75) is 69.8 Å². The second kappa shape index (κ2) is 18.4. The van der Waals surface area contributed by atoms with Gasteiger partial charge in [-0.15, -0.1) is 0 Å². The Morgan fingerprint density at radius 2 is 1.72 bits per heavy atom. The fourth-order valence-electron chi connectivity index (χ4n) is 8.61. The van der Waals surface area contributed by atoms with E-state index in [2.05, 4.69) is 55.5 Å². The third-order valence-electron chi connectivity index (χ3n) is 12.2. The van der Waals surface area contributed by atoms with Gasteiger partial charge in [-0.25, -0.2) is 23.1 Å². The molecule has 15 heteroatoms. The molecule has 12 nitrogen and oxygen atoms in total. The smallest absolute Gasteiger partial charge is 0.268 e. The number of anilines is 1. The van der Waals surface area contributed by atoms with Crippen LogP contribution in [-0.4, -0.2) is 86.7 Å². The molecule has 2 aromatic carbocycles. The van der Waals surface area contributed by atoms with Gasteiger partial charge in [-0.05, 0) is 110 Å². The summed E-state index contributed by atoms with van der Waals surface area (Å²) in [5.74, 6) is 0.174. The van der Waals surface area contributed by atoms with E-state index in [1.807, 2.05) is 30.3 Å². The lowest BCUT2D eigenvalue weighted by molar-refractivity contribution is 0.0478. The Kier molecular flexibility index (Phi) is 12.9. The van der Waals surface area contributed by atoms with Gasteiger partial charge in [-0.3, -0.25) is 9.69 Å². The zero-order chi connectivity index (χ0) is 42.7. The first-order valence-electron chi connectivity index (χ1n) is 20.9. The van der Waals surface area contributed by atoms with E-state index in [1.54, 1.807) is 31.6 Å². The number of aromatic nitrogens is 3. The number of methoxy groups -OCH3 is 1. The van der Waals surface area contributed by atoms with Gasteiger partial charge < -0.3 is 24.1 Å². The summed E-state index contributed by atoms with van der Waals surface area (Å²) in [5, 5.41) is 1.59. The molecule has 0 spiro atoms. The van der Waals surface area contributed by atoms with Crippen LogP contribution in [0.3, 0.4) is 0 Å². The van der Waals surface area contributed by atoms with Crippen LogP contribution in [-0.2, 0) is 14.8 Å². The van der Waals surface area contributed by atoms with Crippen LogP contribution >= 0.6 is 23.2 Å². The predicted molar refractivity (Wildman–Crippen MR) is 239 cm³/mol. The standard InChI is InChI=1S/C46H52Cl2N6O6S/c1-46(2)16-14-33(40(25-46)31-6-8-34(47)9-7-31)28-53-18-20-54(21-19-53)35-10-13-39(42(23-35)60-37-22-32-15-17-49-43(32)50-26-37)44(55)52-61(56,57)38-24-41(48)45(51-27-38)59-29-30-4-11-36(58-3)12-5-30/h6-10,13,15,17,22-24,26-27,30,36H,4-5,11-12,14,16,18-21,25,28-29H2,1-3H3,(H,49,50)(H,52,55)/t30-,36-. The van der Waals surface area contributed by atoms with Crippen molar-refractivity contribution >= 4 is 61.4 Å². The molecule has 4 heterocycles. The summed E-state index contributed by atoms with van der Waals surface area (Å²) in [4.78, 5) is 30.1. The maximum Gasteiger partial charge on any atom is 0.268 e. The zero-order valence-corrected chi connectivity index (χ0v) is 37.1. The molecule has 1 aliphatic heterocycles. The van der Waals surface area contributed by atoms with Crippen molar-refractivity contribution in [1.82, 2.24) is 24.6 Å². The fourth-order valence-corrected chi connectivity index (χ4v) is 9.96. The molecule has 61 heavy (non-hydrogen) atoms. The first-order valence-corrected chi connectivity index (χ1v) is 23.1. The number of allylic oxidation sites excluding steroid dienone is 1. The van der Waals surface area contributed by atoms with E-state index in [1.165, 1.54) is 22.8 Å². The highest BCUT2D eigenvalue weighted by Gasteiger charge is 2.30. The van der Waals surface area contributed by atoms with Crippen molar-refractivity contribution in [3.8, 4) is 17.4 Å². The number of nitrogens with one attached hydrogen (secondary N) is 2. The van der Waals surface area contributed by atoms with Gasteiger partial charge in [0, 0.05) is 68.2 Å². The minimum Gasteiger partial charge on any atom is -0.476 e. The molecule has 3 aliphatic rings. The number of carbonyl (C=O) groups is 1. The molecule has 8 rings (SSSR count). The molecule has 1 amide bonds. The number of H-pyrrole nitrogens is 1. The van der Waals surface area contributed by atoms with E-state index in [0.29, 0.717) is 23.9 Å². The number of aromatic amines is 1. The Labute approximate surface area is 367 Å². The second-order valence-electron chi connectivity index (χ2n) is 17.1. The molecule has 3 aromatic heterocycles. The number of hydrogen-bond donors (Lipinski definition) is 2. The normalized spacial score (nSPS) is 19.9. The van der Waals surface area contributed by atoms with Gasteiger partial charge in [0.1, 0.15) is 27.1 Å². The SMILES string of the molecule is CO[C@H]1CC[C@H](COc2ncc(S(=O)(=O)NC(=O)c3ccc(N4CCN(CC5=C(c6ccc(Cl)cc6)CC(C)(C)CC5)CC4)cc3Oc3cnc4[nH]ccc4c3)cc2Cl)CC1. The predicted octanol–water partition coefficient (Wildman–Crippen LogP) is 9.55. The van der Waals surface area contributed by atoms with Crippen molar-refractivity contribution in [2.24, 2.45) is 11.3 Å². The van der Waals surface area contributed by atoms with E-state index >= 15 is 0 Å². The van der Waals surface area contributed by atoms with Crippen LogP contribution in [0.2, 0.25) is 10.0 Å². The van der Waals surface area contributed by atoms with Crippen molar-refractivity contribution in [3.05, 3.63) is 106 Å². The number of carbonyl (C=O) groups excluding carboxylic acids is 1. The number of sulfonamides is 1. The van der Waals surface area contributed by atoms with Crippen molar-refractivity contribution in [3.63, 3.8) is 0 Å². The van der Waals surface area contributed by atoms with Crippen LogP contribution in [0.15, 0.2) is 89.7 Å². The van der Waals surface area contributed by atoms with Crippen LogP contribution < -0.4 is 19.1 Å². The highest BCUT2D eigenvalue weighted by atomic mass is 35.5. The van der Waals surface area contributed by atoms with E-state index in [9.17, 15) is 13.2 Å². The quantitative estimate of drug-likeness (QED) is 0.118. The average molecular weight is 888 g/mol. The largest absolute Gasteiger partial charge is 0.476 e. The van der Waals surface area contributed by atoms with Gasteiger partial charge >= 0.3 is 0 Å². The number of ether oxygens (including phenoxy) is 3. The average Bonchev–Trinajstić information content (AvgIpc) is 3.72. The summed E-state index contributed by atoms with van der Waals surface area (Å²) < 4.78 is 47.1. The van der Waals surface area contributed by atoms with E-state index in [-0.39, 0.29) is 38.6 Å². The van der Waals surface area contributed by atoms with Crippen LogP contribution in [0, 0.1) is 11.3 Å². The third-order valence-corrected chi connectivity index (χ3v) is 14.1. The monoisotopic (exact) mass is 886 g/mol. The lowest BCUT2D eigenvalue weighted by Gasteiger charge is -2.39. The Balaban J connectivity index is 0.972. The number of piperazine rings is 1. The van der Waals surface area contributed by atoms with Crippen molar-refractivity contribution in [2.75, 3.05) is 51.3 Å². The maximum absolute atomic E-state index is 13.9. The van der Waals surface area contributed by atoms with Crippen LogP contribution in [0.25, 0.3) is 16.6 Å². The Bertz CT molecular complexity index is 2510. The number of pyridine rings is 2. The second-order valence-corrected chi connectivity index (χ2v) is 19.7. The number of amides is 1. The third kappa shape index (κ3) is 10.3. The zero-order valence-electron chi connectivity index (χ0n) is 34.8. The molecule has 2 N–H and O–H groups in total. The Morgan fingerprint density at radius 1 is 0.951 bits per heavy atom. The fraction of sp³-hybridized carbons (Fsp3) is 0.413. The number of halogens is 2. The topological polar surface area (TPSA) is 139 Å². The Hall–Kier alpha value is -4.66. The van der Waals surface area contributed by atoms with Crippen LogP contribution in [0.1, 0.15) is 74.7 Å². The molecule has 0 radical (unpaired) electrons. The molecule has 2 fully saturated rings. The molecule has 5 aromatic rings. The molecular weight excluding hydrogens is 836 g/mol. The lowest BCUT2D eigenvalue weighted by Crippen LogP contribution is -2.47. The summed E-state index contributed by atoms with van der Waals surface area (Å²) >= 11 is 12.7. The maximum atomic E-state index is 13.9. The van der Waals surface area contributed by atoms with Crippen molar-refractivity contribution < 1.29 is 27.4 Å². The Morgan fingerprint density at radius 3 is 2.46 bits per heavy atom. The first-order chi connectivity index (χ1) is 29.3. The summed E-state index contributed by atoms with van der Waals surface area (Å²) in [6, 6.07) is 18.4. The molecule has 0 atom stereocenters. The van der Waals surface area contributed by atoms with Crippen LogP contribution in [0.4, 0.5) is 5.69 Å². The molecule has 0 bridgehead atoms. The summed E-state index contributed by atoms with van der Waals surface area (Å²) in [5.41, 5.74) is 5.97. The van der Waals surface area contributed by atoms with Crippen molar-refractivity contribution in [1.29, 1.82) is 0 Å². The molecule has 2 aliphatic carbocycles. The molecular formula is C46H52Cl2N6O6S. The number of nitrogens with zero attached hydrogens (tertiary/aromatic N) is 4. The summed E-state index contributed by atoms with van der Waals surface area (Å²) in [7, 11) is -2.67. The van der Waals surface area contributed by atoms with Crippen LogP contribution in [0.5, 0.6) is 17.4 Å². The minimum absolute atomic E-state index is 0.0310. The summed E-state index contributed by atoms with van der Waals surface area (Å²) in [6.07, 6.45) is 11.8. The highest BCUT2D eigenvalue weighted by Crippen LogP contribution is 2.43. The van der Waals surface area contributed by atoms with Gasteiger partial charge in [0.2, 0.25) is 5.88 Å². The highest BCUT2D eigenvalue weighted by molar-refractivity contribution is 7.90. The van der Waals surface area contributed by atoms with E-state index in [4.69, 9.17) is 37.4 Å². The number of fused-ring (bicyclic) bond motifs is 1. The van der Waals surface area contributed by atoms with Gasteiger partial charge in [-0.2, -0.15) is 0 Å². The number of hydrogen-bond acceptors (Lipinski definition) is 10. The van der Waals surface area contributed by atoms with Gasteiger partial charge in [-0.1, -0.05) is 54.8 Å². The minimum atomic E-state index is -4.40. The molecule has 1 saturated carbocycles.